The molecule has 140 valence electrons. The molecule has 1 aromatic rings. The largest absolute Gasteiger partial charge is 0.381 e. The Balaban J connectivity index is 1.87. The van der Waals surface area contributed by atoms with Gasteiger partial charge in [0.1, 0.15) is 0 Å². The number of sulfonamides is 1. The smallest absolute Gasteiger partial charge is 0.238 e. The number of nitrogens with two attached hydrogens (primary N) is 1. The average molecular weight is 369 g/mol. The van der Waals surface area contributed by atoms with E-state index in [2.05, 4.69) is 15.2 Å². The van der Waals surface area contributed by atoms with E-state index in [1.54, 1.807) is 19.2 Å². The van der Waals surface area contributed by atoms with Crippen LogP contribution in [0.2, 0.25) is 0 Å². The molecule has 0 saturated carbocycles. The van der Waals surface area contributed by atoms with Crippen molar-refractivity contribution < 1.29 is 13.2 Å². The third-order valence-corrected chi connectivity index (χ3v) is 5.38. The van der Waals surface area contributed by atoms with Crippen molar-refractivity contribution in [1.82, 2.24) is 10.2 Å². The van der Waals surface area contributed by atoms with Crippen molar-refractivity contribution in [3.05, 3.63) is 29.8 Å². The van der Waals surface area contributed by atoms with E-state index < -0.39 is 10.0 Å². The van der Waals surface area contributed by atoms with Gasteiger partial charge in [0.05, 0.1) is 4.90 Å². The standard InChI is InChI=1S/C17H28N4O3S/c1-19-17(21(2)9-6-14-7-10-24-11-8-14)20-13-15-4-3-5-16(12-15)25(18,22)23/h3-5,12,14H,6-11,13H2,1-2H3,(H,19,20)(H2,18,22,23). The summed E-state index contributed by atoms with van der Waals surface area (Å²) in [6, 6.07) is 6.62. The van der Waals surface area contributed by atoms with Gasteiger partial charge in [0.2, 0.25) is 10.0 Å². The first-order chi connectivity index (χ1) is 11.9. The van der Waals surface area contributed by atoms with E-state index in [9.17, 15) is 8.42 Å². The number of rotatable bonds is 6. The van der Waals surface area contributed by atoms with Crippen LogP contribution in [-0.2, 0) is 21.3 Å². The highest BCUT2D eigenvalue weighted by Crippen LogP contribution is 2.18. The van der Waals surface area contributed by atoms with Crippen LogP contribution in [0.15, 0.2) is 34.2 Å². The number of nitrogens with zero attached hydrogens (tertiary/aromatic N) is 2. The van der Waals surface area contributed by atoms with E-state index in [1.165, 1.54) is 6.07 Å². The van der Waals surface area contributed by atoms with Gasteiger partial charge in [0, 0.05) is 40.4 Å². The normalized spacial score (nSPS) is 16.7. The zero-order valence-corrected chi connectivity index (χ0v) is 15.8. The first kappa shape index (κ1) is 19.7. The van der Waals surface area contributed by atoms with Gasteiger partial charge in [-0.1, -0.05) is 12.1 Å². The lowest BCUT2D eigenvalue weighted by molar-refractivity contribution is 0.0625. The summed E-state index contributed by atoms with van der Waals surface area (Å²) < 4.78 is 28.3. The Labute approximate surface area is 150 Å². The summed E-state index contributed by atoms with van der Waals surface area (Å²) in [5, 5.41) is 8.44. The molecule has 1 heterocycles. The second-order valence-corrected chi connectivity index (χ2v) is 7.92. The zero-order valence-electron chi connectivity index (χ0n) is 14.9. The molecule has 7 nitrogen and oxygen atoms in total. The minimum atomic E-state index is -3.69. The lowest BCUT2D eigenvalue weighted by atomic mass is 9.96. The molecule has 25 heavy (non-hydrogen) atoms. The maximum Gasteiger partial charge on any atom is 0.238 e. The van der Waals surface area contributed by atoms with Crippen molar-refractivity contribution in [3.63, 3.8) is 0 Å². The predicted molar refractivity (Wildman–Crippen MR) is 98.8 cm³/mol. The molecular formula is C17H28N4O3S. The predicted octanol–water partition coefficient (Wildman–Crippen LogP) is 1.16. The molecule has 3 N–H and O–H groups in total. The Bertz CT molecular complexity index is 685. The Hall–Kier alpha value is -1.64. The van der Waals surface area contributed by atoms with Crippen LogP contribution < -0.4 is 10.5 Å². The van der Waals surface area contributed by atoms with Crippen LogP contribution >= 0.6 is 0 Å². The molecule has 1 saturated heterocycles. The Kier molecular flexibility index (Phi) is 7.22. The first-order valence-electron chi connectivity index (χ1n) is 8.51. The molecule has 2 rings (SSSR count). The molecule has 0 unspecified atom stereocenters. The molecular weight excluding hydrogens is 340 g/mol. The molecule has 8 heteroatoms. The highest BCUT2D eigenvalue weighted by atomic mass is 32.2. The lowest BCUT2D eigenvalue weighted by Crippen LogP contribution is -2.39. The molecule has 1 aromatic carbocycles. The summed E-state index contributed by atoms with van der Waals surface area (Å²) in [5.41, 5.74) is 0.838. The van der Waals surface area contributed by atoms with Gasteiger partial charge in [-0.2, -0.15) is 0 Å². The van der Waals surface area contributed by atoms with E-state index in [4.69, 9.17) is 9.88 Å². The van der Waals surface area contributed by atoms with Crippen LogP contribution in [0.4, 0.5) is 0 Å². The first-order valence-corrected chi connectivity index (χ1v) is 10.1. The van der Waals surface area contributed by atoms with E-state index in [-0.39, 0.29) is 4.90 Å². The fourth-order valence-electron chi connectivity index (χ4n) is 2.92. The number of benzene rings is 1. The summed E-state index contributed by atoms with van der Waals surface area (Å²) in [6.45, 7) is 3.13. The quantitative estimate of drug-likeness (QED) is 0.580. The lowest BCUT2D eigenvalue weighted by Gasteiger charge is -2.26. The Morgan fingerprint density at radius 2 is 2.12 bits per heavy atom. The zero-order chi connectivity index (χ0) is 18.3. The molecule has 1 fully saturated rings. The van der Waals surface area contributed by atoms with Gasteiger partial charge < -0.3 is 15.0 Å². The second-order valence-electron chi connectivity index (χ2n) is 6.36. The van der Waals surface area contributed by atoms with Crippen LogP contribution in [0.1, 0.15) is 24.8 Å². The molecule has 0 spiro atoms. The molecule has 0 aromatic heterocycles. The van der Waals surface area contributed by atoms with E-state index in [0.29, 0.717) is 12.5 Å². The molecule has 0 bridgehead atoms. The summed E-state index contributed by atoms with van der Waals surface area (Å²) in [4.78, 5) is 6.52. The van der Waals surface area contributed by atoms with E-state index in [1.807, 2.05) is 13.1 Å². The maximum atomic E-state index is 11.4. The van der Waals surface area contributed by atoms with Gasteiger partial charge in [0.25, 0.3) is 0 Å². The van der Waals surface area contributed by atoms with Gasteiger partial charge in [-0.25, -0.2) is 13.6 Å². The molecule has 1 aliphatic rings. The van der Waals surface area contributed by atoms with Gasteiger partial charge in [-0.3, -0.25) is 4.99 Å². The average Bonchev–Trinajstić information content (AvgIpc) is 2.61. The summed E-state index contributed by atoms with van der Waals surface area (Å²) in [6.07, 6.45) is 3.36. The van der Waals surface area contributed by atoms with Crippen molar-refractivity contribution >= 4 is 16.0 Å². The maximum absolute atomic E-state index is 11.4. The minimum absolute atomic E-state index is 0.120. The van der Waals surface area contributed by atoms with Crippen LogP contribution in [0, 0.1) is 5.92 Å². The van der Waals surface area contributed by atoms with Crippen molar-refractivity contribution in [2.24, 2.45) is 16.0 Å². The number of guanidine groups is 1. The monoisotopic (exact) mass is 368 g/mol. The van der Waals surface area contributed by atoms with E-state index in [0.717, 1.165) is 50.5 Å². The molecule has 0 amide bonds. The summed E-state index contributed by atoms with van der Waals surface area (Å²) in [7, 11) is 0.0679. The highest BCUT2D eigenvalue weighted by Gasteiger charge is 2.15. The Morgan fingerprint density at radius 1 is 1.40 bits per heavy atom. The minimum Gasteiger partial charge on any atom is -0.381 e. The molecule has 0 aliphatic carbocycles. The SMILES string of the molecule is CN=C(NCc1cccc(S(N)(=O)=O)c1)N(C)CCC1CCOCC1. The topological polar surface area (TPSA) is 97.0 Å². The number of aliphatic imine (C=N–C) groups is 1. The van der Waals surface area contributed by atoms with Crippen molar-refractivity contribution in [1.29, 1.82) is 0 Å². The third-order valence-electron chi connectivity index (χ3n) is 4.46. The van der Waals surface area contributed by atoms with Gasteiger partial charge in [-0.15, -0.1) is 0 Å². The third kappa shape index (κ3) is 6.30. The van der Waals surface area contributed by atoms with Gasteiger partial charge in [-0.05, 0) is 42.9 Å². The number of ether oxygens (including phenoxy) is 1. The van der Waals surface area contributed by atoms with Gasteiger partial charge in [0.15, 0.2) is 5.96 Å². The number of primary sulfonamides is 1. The molecule has 1 aliphatic heterocycles. The van der Waals surface area contributed by atoms with Crippen molar-refractivity contribution in [2.75, 3.05) is 33.9 Å². The fourth-order valence-corrected chi connectivity index (χ4v) is 3.50. The second kappa shape index (κ2) is 9.17. The van der Waals surface area contributed by atoms with Crippen molar-refractivity contribution in [2.45, 2.75) is 30.7 Å². The molecule has 0 radical (unpaired) electrons. The summed E-state index contributed by atoms with van der Waals surface area (Å²) >= 11 is 0. The van der Waals surface area contributed by atoms with Crippen LogP contribution in [0.25, 0.3) is 0 Å². The number of nitrogens with one attached hydrogen (secondary N) is 1. The molecule has 0 atom stereocenters. The van der Waals surface area contributed by atoms with Crippen LogP contribution in [0.5, 0.6) is 0 Å². The fraction of sp³-hybridized carbons (Fsp3) is 0.588. The van der Waals surface area contributed by atoms with Crippen LogP contribution in [0.3, 0.4) is 0 Å². The highest BCUT2D eigenvalue weighted by molar-refractivity contribution is 7.89. The Morgan fingerprint density at radius 3 is 2.76 bits per heavy atom. The number of hydrogen-bond donors (Lipinski definition) is 2. The summed E-state index contributed by atoms with van der Waals surface area (Å²) in [5.74, 6) is 1.49. The number of hydrogen-bond acceptors (Lipinski definition) is 4. The van der Waals surface area contributed by atoms with Crippen LogP contribution in [-0.4, -0.2) is 53.1 Å². The van der Waals surface area contributed by atoms with E-state index >= 15 is 0 Å². The van der Waals surface area contributed by atoms with Crippen molar-refractivity contribution in [3.8, 4) is 0 Å². The van der Waals surface area contributed by atoms with Gasteiger partial charge >= 0.3 is 0 Å².